The Bertz CT molecular complexity index is 892. The molecule has 2 aromatic carbocycles. The molecule has 0 unspecified atom stereocenters. The summed E-state index contributed by atoms with van der Waals surface area (Å²) in [7, 11) is 1.52. The maximum atomic E-state index is 12.7. The third kappa shape index (κ3) is 3.11. The van der Waals surface area contributed by atoms with Crippen LogP contribution in [-0.4, -0.2) is 24.0 Å². The van der Waals surface area contributed by atoms with Crippen LogP contribution in [0.25, 0.3) is 0 Å². The SMILES string of the molecule is COc1ccc([C@H]2[C@@H](C(N)=O)C(=O)N[C@@](O)(c3ccccc3)[C@H]2C#N)cc1. The number of ether oxygens (including phenoxy) is 1. The molecule has 3 rings (SSSR count). The summed E-state index contributed by atoms with van der Waals surface area (Å²) >= 11 is 0. The number of methoxy groups -OCH3 is 1. The van der Waals surface area contributed by atoms with Crippen molar-refractivity contribution in [2.75, 3.05) is 7.11 Å². The summed E-state index contributed by atoms with van der Waals surface area (Å²) in [6.45, 7) is 0. The van der Waals surface area contributed by atoms with Gasteiger partial charge < -0.3 is 20.9 Å². The highest BCUT2D eigenvalue weighted by Gasteiger charge is 2.55. The first kappa shape index (κ1) is 18.4. The highest BCUT2D eigenvalue weighted by molar-refractivity contribution is 6.01. The quantitative estimate of drug-likeness (QED) is 0.697. The predicted molar refractivity (Wildman–Crippen MR) is 96.0 cm³/mol. The summed E-state index contributed by atoms with van der Waals surface area (Å²) in [5, 5.41) is 23.6. The minimum absolute atomic E-state index is 0.353. The lowest BCUT2D eigenvalue weighted by Crippen LogP contribution is -2.62. The monoisotopic (exact) mass is 365 g/mol. The van der Waals surface area contributed by atoms with E-state index in [1.54, 1.807) is 54.6 Å². The average Bonchev–Trinajstić information content (AvgIpc) is 2.68. The Morgan fingerprint density at radius 3 is 2.37 bits per heavy atom. The minimum Gasteiger partial charge on any atom is -0.497 e. The number of aliphatic hydroxyl groups is 1. The van der Waals surface area contributed by atoms with Gasteiger partial charge in [-0.05, 0) is 17.7 Å². The fourth-order valence-electron chi connectivity index (χ4n) is 3.59. The molecule has 0 saturated carbocycles. The first-order valence-electron chi connectivity index (χ1n) is 8.35. The third-order valence-electron chi connectivity index (χ3n) is 4.92. The van der Waals surface area contributed by atoms with E-state index in [1.807, 2.05) is 0 Å². The number of benzene rings is 2. The zero-order valence-electron chi connectivity index (χ0n) is 14.6. The number of piperidine rings is 1. The molecule has 4 N–H and O–H groups in total. The van der Waals surface area contributed by atoms with Crippen LogP contribution in [0.1, 0.15) is 17.0 Å². The van der Waals surface area contributed by atoms with E-state index >= 15 is 0 Å². The summed E-state index contributed by atoms with van der Waals surface area (Å²) in [6.07, 6.45) is 0. The first-order chi connectivity index (χ1) is 12.9. The highest BCUT2D eigenvalue weighted by Crippen LogP contribution is 2.45. The Morgan fingerprint density at radius 2 is 1.85 bits per heavy atom. The second-order valence-corrected chi connectivity index (χ2v) is 6.41. The Balaban J connectivity index is 2.16. The first-order valence-corrected chi connectivity index (χ1v) is 8.35. The van der Waals surface area contributed by atoms with Crippen molar-refractivity contribution >= 4 is 11.8 Å². The van der Waals surface area contributed by atoms with Gasteiger partial charge in [0.05, 0.1) is 13.2 Å². The van der Waals surface area contributed by atoms with Crippen LogP contribution in [0, 0.1) is 23.2 Å². The van der Waals surface area contributed by atoms with Gasteiger partial charge in [0.1, 0.15) is 17.6 Å². The zero-order chi connectivity index (χ0) is 19.6. The summed E-state index contributed by atoms with van der Waals surface area (Å²) < 4.78 is 5.13. The molecule has 1 saturated heterocycles. The molecule has 0 spiro atoms. The molecule has 27 heavy (non-hydrogen) atoms. The molecule has 0 radical (unpaired) electrons. The number of nitrogens with zero attached hydrogens (tertiary/aromatic N) is 1. The summed E-state index contributed by atoms with van der Waals surface area (Å²) in [5.41, 5.74) is 4.41. The maximum absolute atomic E-state index is 12.7. The van der Waals surface area contributed by atoms with Crippen LogP contribution in [0.4, 0.5) is 0 Å². The van der Waals surface area contributed by atoms with Crippen LogP contribution in [0.3, 0.4) is 0 Å². The molecule has 0 aliphatic carbocycles. The van der Waals surface area contributed by atoms with E-state index in [1.165, 1.54) is 7.11 Å². The van der Waals surface area contributed by atoms with Crippen LogP contribution in [0.15, 0.2) is 54.6 Å². The van der Waals surface area contributed by atoms with Gasteiger partial charge in [0, 0.05) is 11.5 Å². The van der Waals surface area contributed by atoms with E-state index < -0.39 is 35.3 Å². The van der Waals surface area contributed by atoms with Crippen molar-refractivity contribution < 1.29 is 19.4 Å². The second kappa shape index (κ2) is 7.09. The van der Waals surface area contributed by atoms with Crippen LogP contribution < -0.4 is 15.8 Å². The van der Waals surface area contributed by atoms with E-state index in [2.05, 4.69) is 11.4 Å². The maximum Gasteiger partial charge on any atom is 0.235 e. The van der Waals surface area contributed by atoms with Crippen molar-refractivity contribution in [2.24, 2.45) is 17.6 Å². The lowest BCUT2D eigenvalue weighted by Gasteiger charge is -2.44. The lowest BCUT2D eigenvalue weighted by atomic mass is 9.67. The van der Waals surface area contributed by atoms with Crippen LogP contribution in [-0.2, 0) is 15.3 Å². The van der Waals surface area contributed by atoms with E-state index in [9.17, 15) is 20.0 Å². The number of hydrogen-bond donors (Lipinski definition) is 3. The van der Waals surface area contributed by atoms with Crippen molar-refractivity contribution in [1.29, 1.82) is 5.26 Å². The van der Waals surface area contributed by atoms with E-state index in [0.29, 0.717) is 16.9 Å². The smallest absolute Gasteiger partial charge is 0.235 e. The standard InChI is InChI=1S/C20H19N3O4/c1-27-14-9-7-12(8-10-14)16-15(11-21)20(26,13-5-3-2-4-6-13)23-19(25)17(16)18(22)24/h2-10,15-17,26H,1H3,(H2,22,24)(H,23,25)/t15-,16+,17-,20+/m0/s1. The number of primary amides is 1. The average molecular weight is 365 g/mol. The molecule has 2 aromatic rings. The van der Waals surface area contributed by atoms with Gasteiger partial charge in [-0.2, -0.15) is 5.26 Å². The van der Waals surface area contributed by atoms with Gasteiger partial charge in [-0.25, -0.2) is 0 Å². The number of amides is 2. The largest absolute Gasteiger partial charge is 0.497 e. The Labute approximate surface area is 156 Å². The van der Waals surface area contributed by atoms with Crippen molar-refractivity contribution in [2.45, 2.75) is 11.6 Å². The van der Waals surface area contributed by atoms with Gasteiger partial charge in [0.25, 0.3) is 0 Å². The molecule has 138 valence electrons. The molecule has 7 heteroatoms. The Kier molecular flexibility index (Phi) is 4.84. The molecule has 1 aliphatic rings. The number of carbonyl (C=O) groups is 2. The number of nitriles is 1. The highest BCUT2D eigenvalue weighted by atomic mass is 16.5. The number of nitrogens with one attached hydrogen (secondary N) is 1. The van der Waals surface area contributed by atoms with Crippen molar-refractivity contribution in [3.8, 4) is 11.8 Å². The summed E-state index contributed by atoms with van der Waals surface area (Å²) in [5.74, 6) is -4.33. The van der Waals surface area contributed by atoms with Crippen molar-refractivity contribution in [3.63, 3.8) is 0 Å². The van der Waals surface area contributed by atoms with Crippen molar-refractivity contribution in [3.05, 3.63) is 65.7 Å². The minimum atomic E-state index is -1.95. The molecule has 2 amide bonds. The summed E-state index contributed by atoms with van der Waals surface area (Å²) in [6, 6.07) is 17.1. The number of carbonyl (C=O) groups excluding carboxylic acids is 2. The fraction of sp³-hybridized carbons (Fsp3) is 0.250. The lowest BCUT2D eigenvalue weighted by molar-refractivity contribution is -0.153. The van der Waals surface area contributed by atoms with Gasteiger partial charge in [-0.15, -0.1) is 0 Å². The van der Waals surface area contributed by atoms with Gasteiger partial charge >= 0.3 is 0 Å². The number of nitrogens with two attached hydrogens (primary N) is 1. The van der Waals surface area contributed by atoms with Crippen LogP contribution >= 0.6 is 0 Å². The normalized spacial score (nSPS) is 27.3. The van der Waals surface area contributed by atoms with Gasteiger partial charge in [0.2, 0.25) is 11.8 Å². The van der Waals surface area contributed by atoms with E-state index in [4.69, 9.17) is 10.5 Å². The molecular formula is C20H19N3O4. The molecule has 1 fully saturated rings. The number of rotatable bonds is 4. The second-order valence-electron chi connectivity index (χ2n) is 6.41. The summed E-state index contributed by atoms with van der Waals surface area (Å²) in [4.78, 5) is 24.7. The molecule has 7 nitrogen and oxygen atoms in total. The topological polar surface area (TPSA) is 125 Å². The van der Waals surface area contributed by atoms with E-state index in [0.717, 1.165) is 0 Å². The van der Waals surface area contributed by atoms with Gasteiger partial charge in [-0.1, -0.05) is 42.5 Å². The molecule has 1 heterocycles. The van der Waals surface area contributed by atoms with Crippen LogP contribution in [0.2, 0.25) is 0 Å². The zero-order valence-corrected chi connectivity index (χ0v) is 14.6. The number of hydrogen-bond acceptors (Lipinski definition) is 5. The van der Waals surface area contributed by atoms with E-state index in [-0.39, 0.29) is 0 Å². The van der Waals surface area contributed by atoms with Crippen molar-refractivity contribution in [1.82, 2.24) is 5.32 Å². The Hall–Kier alpha value is -3.37. The molecule has 0 bridgehead atoms. The molecule has 0 aromatic heterocycles. The van der Waals surface area contributed by atoms with Gasteiger partial charge in [0.15, 0.2) is 5.72 Å². The predicted octanol–water partition coefficient (Wildman–Crippen LogP) is 0.995. The van der Waals surface area contributed by atoms with Gasteiger partial charge in [-0.3, -0.25) is 9.59 Å². The fourth-order valence-corrected chi connectivity index (χ4v) is 3.59. The van der Waals surface area contributed by atoms with Crippen LogP contribution in [0.5, 0.6) is 5.75 Å². The third-order valence-corrected chi connectivity index (χ3v) is 4.92. The molecule has 1 aliphatic heterocycles. The molecule has 4 atom stereocenters. The Morgan fingerprint density at radius 1 is 1.22 bits per heavy atom. The molecular weight excluding hydrogens is 346 g/mol.